The average molecular weight is 166 g/mol. The summed E-state index contributed by atoms with van der Waals surface area (Å²) >= 11 is 0. The summed E-state index contributed by atoms with van der Waals surface area (Å²) in [5.41, 5.74) is -0.907. The van der Waals surface area contributed by atoms with Crippen LogP contribution in [-0.2, 0) is 0 Å². The largest absolute Gasteiger partial charge is 0.478 e. The van der Waals surface area contributed by atoms with Crippen LogP contribution in [0.5, 0.6) is 0 Å². The van der Waals surface area contributed by atoms with E-state index >= 15 is 0 Å². The molecule has 0 amide bonds. The van der Waals surface area contributed by atoms with Crippen molar-refractivity contribution in [3.05, 3.63) is 29.3 Å². The molecule has 0 radical (unpaired) electrons. The second-order valence-electron chi connectivity index (χ2n) is 1.94. The van der Waals surface area contributed by atoms with Crippen LogP contribution in [0.15, 0.2) is 12.3 Å². The highest BCUT2D eigenvalue weighted by Gasteiger charge is 2.13. The summed E-state index contributed by atoms with van der Waals surface area (Å²) in [6.45, 7) is 0. The van der Waals surface area contributed by atoms with Crippen molar-refractivity contribution in [3.63, 3.8) is 0 Å². The minimum atomic E-state index is -1.34. The van der Waals surface area contributed by atoms with E-state index in [1.165, 1.54) is 6.07 Å². The standard InChI is InChI=1S/C7H3FN2O2/c8-6-5(3-9)4(7(11)12)1-2-10-6/h1-2H,(H,11,12). The van der Waals surface area contributed by atoms with Crippen molar-refractivity contribution in [2.45, 2.75) is 0 Å². The van der Waals surface area contributed by atoms with Gasteiger partial charge < -0.3 is 5.11 Å². The molecule has 1 N–H and O–H groups in total. The van der Waals surface area contributed by atoms with Gasteiger partial charge >= 0.3 is 5.97 Å². The number of aromatic nitrogens is 1. The van der Waals surface area contributed by atoms with Gasteiger partial charge in [-0.1, -0.05) is 0 Å². The maximum atomic E-state index is 12.6. The minimum Gasteiger partial charge on any atom is -0.478 e. The quantitative estimate of drug-likeness (QED) is 0.626. The Morgan fingerprint density at radius 1 is 1.75 bits per heavy atom. The van der Waals surface area contributed by atoms with Gasteiger partial charge in [0.15, 0.2) is 0 Å². The van der Waals surface area contributed by atoms with Gasteiger partial charge in [-0.15, -0.1) is 0 Å². The van der Waals surface area contributed by atoms with Crippen molar-refractivity contribution >= 4 is 5.97 Å². The Labute approximate surface area is 66.9 Å². The Bertz CT molecular complexity index is 370. The van der Waals surface area contributed by atoms with Crippen molar-refractivity contribution < 1.29 is 14.3 Å². The smallest absolute Gasteiger partial charge is 0.337 e. The molecule has 5 heteroatoms. The van der Waals surface area contributed by atoms with Gasteiger partial charge in [-0.25, -0.2) is 9.78 Å². The number of pyridine rings is 1. The number of carbonyl (C=O) groups is 1. The molecule has 0 unspecified atom stereocenters. The summed E-state index contributed by atoms with van der Waals surface area (Å²) in [5.74, 6) is -2.40. The molecule has 4 nitrogen and oxygen atoms in total. The maximum Gasteiger partial charge on any atom is 0.337 e. The van der Waals surface area contributed by atoms with Crippen LogP contribution >= 0.6 is 0 Å². The summed E-state index contributed by atoms with van der Waals surface area (Å²) in [5, 5.41) is 16.8. The van der Waals surface area contributed by atoms with Crippen molar-refractivity contribution in [3.8, 4) is 6.07 Å². The molecule has 1 aromatic heterocycles. The molecule has 0 spiro atoms. The minimum absolute atomic E-state index is 0.370. The monoisotopic (exact) mass is 166 g/mol. The highest BCUT2D eigenvalue weighted by atomic mass is 19.1. The average Bonchev–Trinajstić information content (AvgIpc) is 2.03. The Morgan fingerprint density at radius 3 is 2.83 bits per heavy atom. The number of rotatable bonds is 1. The lowest BCUT2D eigenvalue weighted by Crippen LogP contribution is -2.03. The molecule has 0 saturated carbocycles. The molecular formula is C7H3FN2O2. The summed E-state index contributed by atoms with van der Waals surface area (Å²) < 4.78 is 12.6. The zero-order chi connectivity index (χ0) is 9.14. The Hall–Kier alpha value is -1.96. The van der Waals surface area contributed by atoms with E-state index in [1.54, 1.807) is 0 Å². The van der Waals surface area contributed by atoms with Crippen LogP contribution in [0.1, 0.15) is 15.9 Å². The third-order valence-electron chi connectivity index (χ3n) is 1.25. The van der Waals surface area contributed by atoms with Crippen LogP contribution in [0.25, 0.3) is 0 Å². The number of carboxylic acid groups (broad SMARTS) is 1. The molecule has 0 aliphatic heterocycles. The summed E-state index contributed by atoms with van der Waals surface area (Å²) in [7, 11) is 0. The van der Waals surface area contributed by atoms with Crippen LogP contribution in [0.4, 0.5) is 4.39 Å². The second kappa shape index (κ2) is 2.96. The first-order valence-corrected chi connectivity index (χ1v) is 2.94. The first-order valence-electron chi connectivity index (χ1n) is 2.94. The zero-order valence-electron chi connectivity index (χ0n) is 5.78. The van der Waals surface area contributed by atoms with Crippen molar-refractivity contribution in [2.24, 2.45) is 0 Å². The molecule has 1 rings (SSSR count). The molecule has 12 heavy (non-hydrogen) atoms. The maximum absolute atomic E-state index is 12.6. The number of halogens is 1. The molecule has 0 saturated heterocycles. The van der Waals surface area contributed by atoms with Crippen LogP contribution in [-0.4, -0.2) is 16.1 Å². The Morgan fingerprint density at radius 2 is 2.42 bits per heavy atom. The van der Waals surface area contributed by atoms with Gasteiger partial charge in [-0.05, 0) is 6.07 Å². The van der Waals surface area contributed by atoms with Crippen LogP contribution in [0.2, 0.25) is 0 Å². The SMILES string of the molecule is N#Cc1c(C(=O)O)ccnc1F. The molecular weight excluding hydrogens is 163 g/mol. The lowest BCUT2D eigenvalue weighted by atomic mass is 10.1. The van der Waals surface area contributed by atoms with E-state index in [0.29, 0.717) is 0 Å². The molecule has 1 aromatic rings. The highest BCUT2D eigenvalue weighted by Crippen LogP contribution is 2.09. The number of carboxylic acids is 1. The predicted molar refractivity (Wildman–Crippen MR) is 35.9 cm³/mol. The fourth-order valence-electron chi connectivity index (χ4n) is 0.721. The molecule has 0 aliphatic carbocycles. The van der Waals surface area contributed by atoms with Gasteiger partial charge in [0.25, 0.3) is 0 Å². The van der Waals surface area contributed by atoms with Gasteiger partial charge in [0, 0.05) is 6.20 Å². The van der Waals surface area contributed by atoms with Gasteiger partial charge in [-0.3, -0.25) is 0 Å². The van der Waals surface area contributed by atoms with Crippen LogP contribution in [0, 0.1) is 17.3 Å². The summed E-state index contributed by atoms with van der Waals surface area (Å²) in [6, 6.07) is 2.50. The molecule has 0 atom stereocenters. The highest BCUT2D eigenvalue weighted by molar-refractivity contribution is 5.90. The Kier molecular flexibility index (Phi) is 2.01. The fourth-order valence-corrected chi connectivity index (χ4v) is 0.721. The molecule has 0 aliphatic rings. The van der Waals surface area contributed by atoms with E-state index in [1.807, 2.05) is 0 Å². The van der Waals surface area contributed by atoms with Crippen LogP contribution in [0.3, 0.4) is 0 Å². The third-order valence-corrected chi connectivity index (χ3v) is 1.25. The first-order chi connectivity index (χ1) is 5.66. The van der Waals surface area contributed by atoms with Crippen LogP contribution < -0.4 is 0 Å². The van der Waals surface area contributed by atoms with Gasteiger partial charge in [0.05, 0.1) is 5.56 Å². The number of nitrogens with zero attached hydrogens (tertiary/aromatic N) is 2. The van der Waals surface area contributed by atoms with E-state index < -0.39 is 17.5 Å². The molecule has 1 heterocycles. The third kappa shape index (κ3) is 1.22. The fraction of sp³-hybridized carbons (Fsp3) is 0. The van der Waals surface area contributed by atoms with E-state index in [4.69, 9.17) is 10.4 Å². The van der Waals surface area contributed by atoms with E-state index in [9.17, 15) is 9.18 Å². The number of hydrogen-bond donors (Lipinski definition) is 1. The zero-order valence-corrected chi connectivity index (χ0v) is 5.78. The predicted octanol–water partition coefficient (Wildman–Crippen LogP) is 0.791. The van der Waals surface area contributed by atoms with E-state index in [0.717, 1.165) is 12.3 Å². The number of hydrogen-bond acceptors (Lipinski definition) is 3. The van der Waals surface area contributed by atoms with Crippen molar-refractivity contribution in [1.29, 1.82) is 5.26 Å². The van der Waals surface area contributed by atoms with Crippen molar-refractivity contribution in [1.82, 2.24) is 4.98 Å². The molecule has 0 bridgehead atoms. The lowest BCUT2D eigenvalue weighted by molar-refractivity contribution is 0.0695. The number of nitriles is 1. The topological polar surface area (TPSA) is 74.0 Å². The number of aromatic carboxylic acids is 1. The van der Waals surface area contributed by atoms with E-state index in [-0.39, 0.29) is 5.56 Å². The second-order valence-corrected chi connectivity index (χ2v) is 1.94. The van der Waals surface area contributed by atoms with Gasteiger partial charge in [-0.2, -0.15) is 9.65 Å². The molecule has 0 aromatic carbocycles. The normalized spacial score (nSPS) is 9.00. The van der Waals surface area contributed by atoms with Crippen molar-refractivity contribution in [2.75, 3.05) is 0 Å². The summed E-state index contributed by atoms with van der Waals surface area (Å²) in [6.07, 6.45) is 1.000. The first kappa shape index (κ1) is 8.14. The van der Waals surface area contributed by atoms with E-state index in [2.05, 4.69) is 4.98 Å². The Balaban J connectivity index is 3.40. The summed E-state index contributed by atoms with van der Waals surface area (Å²) in [4.78, 5) is 13.5. The van der Waals surface area contributed by atoms with Gasteiger partial charge in [0.1, 0.15) is 11.6 Å². The lowest BCUT2D eigenvalue weighted by Gasteiger charge is -1.96. The molecule has 0 fully saturated rings. The van der Waals surface area contributed by atoms with Gasteiger partial charge in [0.2, 0.25) is 5.95 Å². The molecule has 60 valence electrons.